The predicted octanol–water partition coefficient (Wildman–Crippen LogP) is 4.07. The maximum Gasteiger partial charge on any atom is 0.0168 e. The van der Waals surface area contributed by atoms with E-state index in [4.69, 9.17) is 0 Å². The molecular formula is C16H13. The van der Waals surface area contributed by atoms with E-state index in [9.17, 15) is 0 Å². The van der Waals surface area contributed by atoms with Crippen LogP contribution in [0, 0.1) is 6.42 Å². The summed E-state index contributed by atoms with van der Waals surface area (Å²) in [7, 11) is 0. The fourth-order valence-corrected chi connectivity index (χ4v) is 2.36. The minimum Gasteiger partial charge on any atom is -0.0622 e. The molecule has 0 N–H and O–H groups in total. The van der Waals surface area contributed by atoms with Crippen LogP contribution in [0.5, 0.6) is 0 Å². The highest BCUT2D eigenvalue weighted by Gasteiger charge is 2.19. The first-order valence-corrected chi connectivity index (χ1v) is 5.57. The van der Waals surface area contributed by atoms with Crippen molar-refractivity contribution in [3.63, 3.8) is 0 Å². The Bertz CT molecular complexity index is 547. The number of rotatable bonds is 1. The Hall–Kier alpha value is -1.82. The Balaban J connectivity index is 2.19. The van der Waals surface area contributed by atoms with Gasteiger partial charge in [0.1, 0.15) is 0 Å². The lowest BCUT2D eigenvalue weighted by Crippen LogP contribution is -1.86. The molecule has 0 aliphatic heterocycles. The molecule has 0 bridgehead atoms. The Morgan fingerprint density at radius 2 is 1.44 bits per heavy atom. The lowest BCUT2D eigenvalue weighted by atomic mass is 9.98. The van der Waals surface area contributed by atoms with E-state index in [2.05, 4.69) is 67.9 Å². The highest BCUT2D eigenvalue weighted by molar-refractivity contribution is 5.89. The second-order valence-electron chi connectivity index (χ2n) is 4.16. The normalized spacial score (nSPS) is 14.1. The van der Waals surface area contributed by atoms with E-state index >= 15 is 0 Å². The molecule has 0 fully saturated rings. The number of benzene rings is 2. The molecule has 2 aromatic carbocycles. The molecule has 0 spiro atoms. The van der Waals surface area contributed by atoms with Gasteiger partial charge >= 0.3 is 0 Å². The van der Waals surface area contributed by atoms with E-state index in [1.54, 1.807) is 0 Å². The Morgan fingerprint density at radius 3 is 2.25 bits per heavy atom. The van der Waals surface area contributed by atoms with Gasteiger partial charge in [-0.1, -0.05) is 60.2 Å². The van der Waals surface area contributed by atoms with Gasteiger partial charge in [-0.05, 0) is 29.2 Å². The van der Waals surface area contributed by atoms with Crippen LogP contribution in [0.4, 0.5) is 0 Å². The van der Waals surface area contributed by atoms with Crippen LogP contribution >= 0.6 is 0 Å². The van der Waals surface area contributed by atoms with Crippen molar-refractivity contribution < 1.29 is 0 Å². The highest BCUT2D eigenvalue weighted by atomic mass is 14.2. The van der Waals surface area contributed by atoms with Gasteiger partial charge in [-0.3, -0.25) is 0 Å². The van der Waals surface area contributed by atoms with Gasteiger partial charge in [0.05, 0.1) is 0 Å². The third kappa shape index (κ3) is 1.38. The summed E-state index contributed by atoms with van der Waals surface area (Å²) in [6.07, 6.45) is 2.26. The van der Waals surface area contributed by atoms with Crippen molar-refractivity contribution >= 4 is 5.57 Å². The standard InChI is InChI=1S/C16H13/c1-12-11-14-9-5-6-10-15(14)16(12)13-7-3-2-4-8-13/h2-11H,1H3. The first kappa shape index (κ1) is 9.41. The van der Waals surface area contributed by atoms with Gasteiger partial charge in [0.2, 0.25) is 0 Å². The summed E-state index contributed by atoms with van der Waals surface area (Å²) in [5.74, 6) is 0. The molecule has 16 heavy (non-hydrogen) atoms. The van der Waals surface area contributed by atoms with Gasteiger partial charge in [-0.25, -0.2) is 0 Å². The summed E-state index contributed by atoms with van der Waals surface area (Å²) >= 11 is 0. The van der Waals surface area contributed by atoms with Crippen molar-refractivity contribution in [1.29, 1.82) is 0 Å². The molecule has 0 saturated carbocycles. The zero-order valence-electron chi connectivity index (χ0n) is 9.27. The van der Waals surface area contributed by atoms with Crippen LogP contribution in [0.25, 0.3) is 5.57 Å². The van der Waals surface area contributed by atoms with E-state index in [1.807, 2.05) is 0 Å². The van der Waals surface area contributed by atoms with Crippen molar-refractivity contribution in [3.8, 4) is 0 Å². The maximum atomic E-state index is 2.26. The Labute approximate surface area is 96.3 Å². The van der Waals surface area contributed by atoms with Gasteiger partial charge in [0, 0.05) is 6.42 Å². The molecule has 0 saturated heterocycles. The van der Waals surface area contributed by atoms with Crippen LogP contribution in [0.3, 0.4) is 0 Å². The molecule has 1 radical (unpaired) electrons. The summed E-state index contributed by atoms with van der Waals surface area (Å²) in [6, 6.07) is 19.2. The summed E-state index contributed by atoms with van der Waals surface area (Å²) < 4.78 is 0. The second-order valence-corrected chi connectivity index (χ2v) is 4.16. The average molecular weight is 205 g/mol. The maximum absolute atomic E-state index is 2.26. The minimum absolute atomic E-state index is 1.31. The Kier molecular flexibility index (Phi) is 2.14. The van der Waals surface area contributed by atoms with Gasteiger partial charge in [-0.15, -0.1) is 0 Å². The second kappa shape index (κ2) is 3.64. The van der Waals surface area contributed by atoms with E-state index in [1.165, 1.54) is 27.8 Å². The van der Waals surface area contributed by atoms with Crippen LogP contribution in [0.15, 0.2) is 60.2 Å². The van der Waals surface area contributed by atoms with Crippen molar-refractivity contribution in [2.75, 3.05) is 0 Å². The first-order chi connectivity index (χ1) is 7.86. The lowest BCUT2D eigenvalue weighted by molar-refractivity contribution is 1.44. The van der Waals surface area contributed by atoms with E-state index in [-0.39, 0.29) is 0 Å². The molecule has 0 aromatic heterocycles. The van der Waals surface area contributed by atoms with Gasteiger partial charge < -0.3 is 0 Å². The SMILES string of the molecule is CC1=C(c2ccccc2)c2ccccc2[CH]1. The highest BCUT2D eigenvalue weighted by Crippen LogP contribution is 2.37. The van der Waals surface area contributed by atoms with E-state index in [0.717, 1.165) is 0 Å². The van der Waals surface area contributed by atoms with Gasteiger partial charge in [0.25, 0.3) is 0 Å². The molecule has 1 aliphatic carbocycles. The summed E-state index contributed by atoms with van der Waals surface area (Å²) in [5, 5.41) is 0. The molecule has 3 rings (SSSR count). The third-order valence-electron chi connectivity index (χ3n) is 3.06. The van der Waals surface area contributed by atoms with Crippen LogP contribution < -0.4 is 0 Å². The molecule has 77 valence electrons. The van der Waals surface area contributed by atoms with Crippen LogP contribution in [-0.4, -0.2) is 0 Å². The molecule has 0 unspecified atom stereocenters. The molecule has 0 atom stereocenters. The number of allylic oxidation sites excluding steroid dienone is 1. The lowest BCUT2D eigenvalue weighted by Gasteiger charge is -2.06. The number of hydrogen-bond acceptors (Lipinski definition) is 0. The summed E-state index contributed by atoms with van der Waals surface area (Å²) in [5.41, 5.74) is 6.72. The molecular weight excluding hydrogens is 192 g/mol. The molecule has 1 aliphatic rings. The monoisotopic (exact) mass is 205 g/mol. The fourth-order valence-electron chi connectivity index (χ4n) is 2.36. The smallest absolute Gasteiger partial charge is 0.0168 e. The molecule has 0 nitrogen and oxygen atoms in total. The summed E-state index contributed by atoms with van der Waals surface area (Å²) in [4.78, 5) is 0. The molecule has 0 amide bonds. The zero-order chi connectivity index (χ0) is 11.0. The van der Waals surface area contributed by atoms with Crippen LogP contribution in [0.1, 0.15) is 23.6 Å². The third-order valence-corrected chi connectivity index (χ3v) is 3.06. The number of fused-ring (bicyclic) bond motifs is 1. The topological polar surface area (TPSA) is 0 Å². The van der Waals surface area contributed by atoms with Crippen LogP contribution in [0.2, 0.25) is 0 Å². The zero-order valence-corrected chi connectivity index (χ0v) is 9.27. The first-order valence-electron chi connectivity index (χ1n) is 5.57. The minimum atomic E-state index is 1.31. The van der Waals surface area contributed by atoms with Crippen molar-refractivity contribution in [2.45, 2.75) is 6.92 Å². The van der Waals surface area contributed by atoms with Gasteiger partial charge in [-0.2, -0.15) is 0 Å². The summed E-state index contributed by atoms with van der Waals surface area (Å²) in [6.45, 7) is 2.18. The average Bonchev–Trinajstić information content (AvgIpc) is 2.66. The van der Waals surface area contributed by atoms with Crippen molar-refractivity contribution in [3.05, 3.63) is 83.3 Å². The van der Waals surface area contributed by atoms with Crippen LogP contribution in [-0.2, 0) is 0 Å². The quantitative estimate of drug-likeness (QED) is 0.658. The van der Waals surface area contributed by atoms with E-state index < -0.39 is 0 Å². The van der Waals surface area contributed by atoms with Crippen molar-refractivity contribution in [2.24, 2.45) is 0 Å². The predicted molar refractivity (Wildman–Crippen MR) is 68.0 cm³/mol. The fraction of sp³-hybridized carbons (Fsp3) is 0.0625. The van der Waals surface area contributed by atoms with E-state index in [0.29, 0.717) is 0 Å². The Morgan fingerprint density at radius 1 is 0.750 bits per heavy atom. The largest absolute Gasteiger partial charge is 0.0622 e. The number of hydrogen-bond donors (Lipinski definition) is 0. The molecule has 0 heterocycles. The molecule has 2 aromatic rings. The van der Waals surface area contributed by atoms with Gasteiger partial charge in [0.15, 0.2) is 0 Å². The van der Waals surface area contributed by atoms with Crippen molar-refractivity contribution in [1.82, 2.24) is 0 Å². The molecule has 0 heteroatoms.